The van der Waals surface area contributed by atoms with E-state index in [0.717, 1.165) is 5.56 Å². The average Bonchev–Trinajstić information content (AvgIpc) is 2.82. The number of hydrogen-bond donors (Lipinski definition) is 0. The topological polar surface area (TPSA) is 98.9 Å². The zero-order valence-corrected chi connectivity index (χ0v) is 14.5. The Bertz CT molecular complexity index is 776. The molecule has 1 spiro atoms. The first kappa shape index (κ1) is 17.5. The van der Waals surface area contributed by atoms with E-state index in [0.29, 0.717) is 5.02 Å². The van der Waals surface area contributed by atoms with Crippen molar-refractivity contribution in [2.75, 3.05) is 0 Å². The fourth-order valence-electron chi connectivity index (χ4n) is 3.99. The fraction of sp³-hybridized carbons (Fsp3) is 0.471. The molecule has 0 amide bonds. The summed E-state index contributed by atoms with van der Waals surface area (Å²) in [6.45, 7) is 2.88. The SMILES string of the molecule is CC(=O)[C@@H]1C(=O)C[C@@]2(C[C@H]1c1ccc(Cl)cc1)ON=C(C)[C@@H]2[N+](=O)[O-]. The summed E-state index contributed by atoms with van der Waals surface area (Å²) in [7, 11) is 0. The second-order valence-corrected chi connectivity index (χ2v) is 7.11. The second-order valence-electron chi connectivity index (χ2n) is 6.67. The molecule has 1 aliphatic heterocycles. The molecule has 0 unspecified atom stereocenters. The number of ketones is 2. The van der Waals surface area contributed by atoms with Crippen molar-refractivity contribution in [1.82, 2.24) is 0 Å². The first-order valence-corrected chi connectivity index (χ1v) is 8.28. The van der Waals surface area contributed by atoms with E-state index in [1.807, 2.05) is 0 Å². The van der Waals surface area contributed by atoms with Gasteiger partial charge in [0.2, 0.25) is 5.60 Å². The molecule has 1 aromatic carbocycles. The third kappa shape index (κ3) is 2.93. The molecular formula is C17H17ClN2O5. The number of carbonyl (C=O) groups is 2. The maximum absolute atomic E-state index is 12.7. The van der Waals surface area contributed by atoms with Crippen LogP contribution in [0.1, 0.15) is 38.2 Å². The maximum atomic E-state index is 12.7. The van der Waals surface area contributed by atoms with Gasteiger partial charge in [0.25, 0.3) is 6.04 Å². The summed E-state index contributed by atoms with van der Waals surface area (Å²) >= 11 is 5.92. The van der Waals surface area contributed by atoms with Crippen molar-refractivity contribution >= 4 is 28.9 Å². The van der Waals surface area contributed by atoms with E-state index in [2.05, 4.69) is 5.16 Å². The van der Waals surface area contributed by atoms with Gasteiger partial charge in [-0.1, -0.05) is 28.9 Å². The lowest BCUT2D eigenvalue weighted by atomic mass is 9.64. The minimum absolute atomic E-state index is 0.164. The molecule has 4 atom stereocenters. The summed E-state index contributed by atoms with van der Waals surface area (Å²) in [5.74, 6) is -1.97. The van der Waals surface area contributed by atoms with E-state index in [9.17, 15) is 19.7 Å². The summed E-state index contributed by atoms with van der Waals surface area (Å²) in [5.41, 5.74) is -0.387. The van der Waals surface area contributed by atoms with E-state index in [-0.39, 0.29) is 30.1 Å². The van der Waals surface area contributed by atoms with Gasteiger partial charge in [-0.05, 0) is 31.5 Å². The van der Waals surface area contributed by atoms with Crippen LogP contribution in [0.2, 0.25) is 5.02 Å². The molecule has 25 heavy (non-hydrogen) atoms. The van der Waals surface area contributed by atoms with Gasteiger partial charge in [-0.2, -0.15) is 0 Å². The molecule has 7 nitrogen and oxygen atoms in total. The molecule has 1 aliphatic carbocycles. The van der Waals surface area contributed by atoms with Crippen molar-refractivity contribution in [1.29, 1.82) is 0 Å². The Balaban J connectivity index is 2.04. The third-order valence-electron chi connectivity index (χ3n) is 5.00. The summed E-state index contributed by atoms with van der Waals surface area (Å²) in [6.07, 6.45) is -0.0368. The average molecular weight is 365 g/mol. The normalized spacial score (nSPS) is 31.6. The van der Waals surface area contributed by atoms with Crippen LogP contribution in [0.15, 0.2) is 29.4 Å². The molecule has 1 saturated carbocycles. The minimum atomic E-state index is -1.35. The molecule has 8 heteroatoms. The molecule has 0 saturated heterocycles. The maximum Gasteiger partial charge on any atom is 0.295 e. The highest BCUT2D eigenvalue weighted by Gasteiger charge is 2.62. The van der Waals surface area contributed by atoms with Crippen LogP contribution in [0.4, 0.5) is 0 Å². The van der Waals surface area contributed by atoms with Gasteiger partial charge in [0.05, 0.1) is 12.3 Å². The van der Waals surface area contributed by atoms with Crippen molar-refractivity contribution in [3.8, 4) is 0 Å². The first-order valence-electron chi connectivity index (χ1n) is 7.90. The number of halogens is 1. The summed E-state index contributed by atoms with van der Waals surface area (Å²) in [5, 5.41) is 15.9. The van der Waals surface area contributed by atoms with Crippen LogP contribution < -0.4 is 0 Å². The van der Waals surface area contributed by atoms with Crippen LogP contribution in [0.3, 0.4) is 0 Å². The molecule has 3 rings (SSSR count). The summed E-state index contributed by atoms with van der Waals surface area (Å²) in [6, 6.07) is 5.61. The first-order chi connectivity index (χ1) is 11.7. The van der Waals surface area contributed by atoms with Crippen molar-refractivity contribution < 1.29 is 19.3 Å². The highest BCUT2D eigenvalue weighted by atomic mass is 35.5. The van der Waals surface area contributed by atoms with Crippen molar-refractivity contribution in [2.24, 2.45) is 11.1 Å². The number of Topliss-reactive ketones (excluding diaryl/α,β-unsaturated/α-hetero) is 2. The predicted octanol–water partition coefficient (Wildman–Crippen LogP) is 2.78. The van der Waals surface area contributed by atoms with Crippen LogP contribution in [0.5, 0.6) is 0 Å². The summed E-state index contributed by atoms with van der Waals surface area (Å²) in [4.78, 5) is 41.3. The van der Waals surface area contributed by atoms with Crippen molar-refractivity contribution in [3.63, 3.8) is 0 Å². The lowest BCUT2D eigenvalue weighted by Gasteiger charge is -2.39. The fourth-order valence-corrected chi connectivity index (χ4v) is 4.11. The molecule has 0 radical (unpaired) electrons. The number of nitrogens with zero attached hydrogens (tertiary/aromatic N) is 2. The number of oxime groups is 1. The lowest BCUT2D eigenvalue weighted by molar-refractivity contribution is -0.523. The Morgan fingerprint density at radius 3 is 2.60 bits per heavy atom. The number of hydrogen-bond acceptors (Lipinski definition) is 6. The monoisotopic (exact) mass is 364 g/mol. The zero-order valence-electron chi connectivity index (χ0n) is 13.8. The van der Waals surface area contributed by atoms with Gasteiger partial charge >= 0.3 is 0 Å². The molecule has 2 aliphatic rings. The molecule has 1 aromatic rings. The largest absolute Gasteiger partial charge is 0.381 e. The number of rotatable bonds is 3. The highest BCUT2D eigenvalue weighted by molar-refractivity contribution is 6.30. The minimum Gasteiger partial charge on any atom is -0.381 e. The molecule has 0 aromatic heterocycles. The van der Waals surface area contributed by atoms with Gasteiger partial charge < -0.3 is 4.84 Å². The van der Waals surface area contributed by atoms with Gasteiger partial charge in [-0.25, -0.2) is 0 Å². The van der Waals surface area contributed by atoms with Crippen LogP contribution in [0, 0.1) is 16.0 Å². The van der Waals surface area contributed by atoms with Gasteiger partial charge in [0.1, 0.15) is 17.3 Å². The number of nitro groups is 1. The van der Waals surface area contributed by atoms with Gasteiger partial charge in [0.15, 0.2) is 0 Å². The van der Waals surface area contributed by atoms with E-state index in [1.54, 1.807) is 24.3 Å². The highest BCUT2D eigenvalue weighted by Crippen LogP contribution is 2.47. The number of carbonyl (C=O) groups excluding carboxylic acids is 2. The second kappa shape index (κ2) is 6.22. The molecule has 0 N–H and O–H groups in total. The van der Waals surface area contributed by atoms with Crippen LogP contribution in [-0.4, -0.2) is 33.8 Å². The summed E-state index contributed by atoms with van der Waals surface area (Å²) < 4.78 is 0. The van der Waals surface area contributed by atoms with Crippen LogP contribution in [0.25, 0.3) is 0 Å². The Morgan fingerprint density at radius 2 is 2.04 bits per heavy atom. The molecule has 132 valence electrons. The van der Waals surface area contributed by atoms with E-state index in [1.165, 1.54) is 13.8 Å². The van der Waals surface area contributed by atoms with Gasteiger partial charge in [-0.3, -0.25) is 19.7 Å². The quantitative estimate of drug-likeness (QED) is 0.466. The van der Waals surface area contributed by atoms with Gasteiger partial charge in [-0.15, -0.1) is 0 Å². The Labute approximate surface area is 149 Å². The van der Waals surface area contributed by atoms with Crippen molar-refractivity contribution in [3.05, 3.63) is 45.0 Å². The molecule has 0 bridgehead atoms. The molecule has 1 heterocycles. The van der Waals surface area contributed by atoms with Crippen LogP contribution in [-0.2, 0) is 14.4 Å². The van der Waals surface area contributed by atoms with Crippen LogP contribution >= 0.6 is 11.6 Å². The molecular weight excluding hydrogens is 348 g/mol. The number of benzene rings is 1. The van der Waals surface area contributed by atoms with E-state index >= 15 is 0 Å². The lowest BCUT2D eigenvalue weighted by Crippen LogP contribution is -2.55. The smallest absolute Gasteiger partial charge is 0.295 e. The van der Waals surface area contributed by atoms with E-state index < -0.39 is 28.4 Å². The molecule has 1 fully saturated rings. The van der Waals surface area contributed by atoms with Crippen molar-refractivity contribution in [2.45, 2.75) is 44.2 Å². The Hall–Kier alpha value is -2.28. The third-order valence-corrected chi connectivity index (χ3v) is 5.25. The van der Waals surface area contributed by atoms with Gasteiger partial charge in [0, 0.05) is 22.3 Å². The predicted molar refractivity (Wildman–Crippen MR) is 90.3 cm³/mol. The zero-order chi connectivity index (χ0) is 18.4. The van der Waals surface area contributed by atoms with E-state index in [4.69, 9.17) is 16.4 Å². The Kier molecular flexibility index (Phi) is 4.36. The Morgan fingerprint density at radius 1 is 1.40 bits per heavy atom. The standard InChI is InChI=1S/C17H17ClN2O5/c1-9-16(20(23)24)17(25-19-9)7-13(11-3-5-12(18)6-4-11)15(10(2)21)14(22)8-17/h3-6,13,15-16H,7-8H2,1-2H3/t13-,15-,16-,17+/m0/s1.